The zero-order valence-electron chi connectivity index (χ0n) is 16.6. The Morgan fingerprint density at radius 3 is 2.28 bits per heavy atom. The first kappa shape index (κ1) is 19.2. The van der Waals surface area contributed by atoms with Crippen LogP contribution in [0.25, 0.3) is 0 Å². The Morgan fingerprint density at radius 1 is 1.20 bits per heavy atom. The number of hydrogen-bond acceptors (Lipinski definition) is 2. The molecule has 2 aromatic rings. The molecule has 1 aromatic carbocycles. The van der Waals surface area contributed by atoms with Crippen LogP contribution in [0.4, 0.5) is 0 Å². The van der Waals surface area contributed by atoms with E-state index in [1.54, 1.807) is 0 Å². The van der Waals surface area contributed by atoms with Gasteiger partial charge in [-0.1, -0.05) is 45.0 Å². The lowest BCUT2D eigenvalue weighted by atomic mass is 9.86. The van der Waals surface area contributed by atoms with Gasteiger partial charge >= 0.3 is 0 Å². The van der Waals surface area contributed by atoms with Crippen LogP contribution >= 0.6 is 0 Å². The van der Waals surface area contributed by atoms with E-state index >= 15 is 0 Å². The van der Waals surface area contributed by atoms with Crippen LogP contribution in [-0.4, -0.2) is 15.7 Å². The van der Waals surface area contributed by atoms with E-state index in [1.807, 2.05) is 32.5 Å². The van der Waals surface area contributed by atoms with Gasteiger partial charge in [0.2, 0.25) is 5.91 Å². The molecule has 4 nitrogen and oxygen atoms in total. The van der Waals surface area contributed by atoms with E-state index in [-0.39, 0.29) is 17.4 Å². The normalized spacial score (nSPS) is 12.9. The van der Waals surface area contributed by atoms with Gasteiger partial charge in [0.1, 0.15) is 0 Å². The number of aryl methyl sites for hydroxylation is 2. The van der Waals surface area contributed by atoms with Crippen molar-refractivity contribution in [2.75, 3.05) is 0 Å². The molecule has 1 aromatic heterocycles. The summed E-state index contributed by atoms with van der Waals surface area (Å²) in [6.07, 6.45) is 1.21. The quantitative estimate of drug-likeness (QED) is 0.888. The average molecular weight is 341 g/mol. The van der Waals surface area contributed by atoms with Crippen molar-refractivity contribution in [1.29, 1.82) is 0 Å². The highest BCUT2D eigenvalue weighted by molar-refractivity contribution is 5.76. The van der Waals surface area contributed by atoms with Gasteiger partial charge in [-0.2, -0.15) is 5.10 Å². The Balaban J connectivity index is 1.93. The summed E-state index contributed by atoms with van der Waals surface area (Å²) in [7, 11) is 1.94. The highest BCUT2D eigenvalue weighted by Crippen LogP contribution is 2.24. The predicted octanol–water partition coefficient (Wildman–Crippen LogP) is 4.14. The van der Waals surface area contributed by atoms with Gasteiger partial charge in [-0.3, -0.25) is 9.48 Å². The van der Waals surface area contributed by atoms with Gasteiger partial charge in [-0.05, 0) is 49.3 Å². The second-order valence-corrected chi connectivity index (χ2v) is 7.93. The van der Waals surface area contributed by atoms with Crippen molar-refractivity contribution in [3.8, 4) is 0 Å². The Bertz CT molecular complexity index is 736. The molecule has 1 N–H and O–H groups in total. The molecule has 0 fully saturated rings. The maximum atomic E-state index is 12.3. The van der Waals surface area contributed by atoms with E-state index in [0.717, 1.165) is 23.4 Å². The van der Waals surface area contributed by atoms with Crippen molar-refractivity contribution in [3.63, 3.8) is 0 Å². The van der Waals surface area contributed by atoms with Crippen LogP contribution in [0.15, 0.2) is 24.3 Å². The van der Waals surface area contributed by atoms with Crippen molar-refractivity contribution >= 4 is 5.91 Å². The minimum absolute atomic E-state index is 0.0117. The lowest BCUT2D eigenvalue weighted by molar-refractivity contribution is -0.121. The standard InChI is InChI=1S/C21H31N3O/c1-14(17-8-10-18(11-9-17)21(4,5)6)22-20(25)13-12-19-15(2)23-24(7)16(19)3/h8-11,14H,12-13H2,1-7H3,(H,22,25). The molecular weight excluding hydrogens is 310 g/mol. The summed E-state index contributed by atoms with van der Waals surface area (Å²) in [5.74, 6) is 0.0788. The second-order valence-electron chi connectivity index (χ2n) is 7.93. The van der Waals surface area contributed by atoms with E-state index in [1.165, 1.54) is 11.1 Å². The Hall–Kier alpha value is -2.10. The zero-order chi connectivity index (χ0) is 18.8. The maximum absolute atomic E-state index is 12.3. The van der Waals surface area contributed by atoms with Crippen molar-refractivity contribution in [2.24, 2.45) is 7.05 Å². The third-order valence-electron chi connectivity index (χ3n) is 4.92. The molecule has 0 bridgehead atoms. The van der Waals surface area contributed by atoms with Gasteiger partial charge in [0.25, 0.3) is 0 Å². The van der Waals surface area contributed by atoms with Gasteiger partial charge in [-0.25, -0.2) is 0 Å². The largest absolute Gasteiger partial charge is 0.350 e. The van der Waals surface area contributed by atoms with Gasteiger partial charge in [0, 0.05) is 19.2 Å². The summed E-state index contributed by atoms with van der Waals surface area (Å²) in [6, 6.07) is 8.54. The van der Waals surface area contributed by atoms with Gasteiger partial charge in [0.05, 0.1) is 11.7 Å². The minimum Gasteiger partial charge on any atom is -0.350 e. The van der Waals surface area contributed by atoms with Crippen molar-refractivity contribution in [3.05, 3.63) is 52.3 Å². The third-order valence-corrected chi connectivity index (χ3v) is 4.92. The Labute approximate surface area is 151 Å². The fourth-order valence-electron chi connectivity index (χ4n) is 3.09. The molecule has 0 aliphatic rings. The number of carbonyl (C=O) groups is 1. The molecular formula is C21H31N3O. The van der Waals surface area contributed by atoms with Crippen molar-refractivity contribution in [2.45, 2.75) is 65.8 Å². The topological polar surface area (TPSA) is 46.9 Å². The van der Waals surface area contributed by atoms with E-state index in [9.17, 15) is 4.79 Å². The minimum atomic E-state index is 0.0117. The van der Waals surface area contributed by atoms with Gasteiger partial charge in [0.15, 0.2) is 0 Å². The molecule has 1 amide bonds. The number of benzene rings is 1. The molecule has 4 heteroatoms. The number of amides is 1. The highest BCUT2D eigenvalue weighted by atomic mass is 16.1. The van der Waals surface area contributed by atoms with E-state index in [2.05, 4.69) is 55.5 Å². The zero-order valence-corrected chi connectivity index (χ0v) is 16.6. The molecule has 25 heavy (non-hydrogen) atoms. The first-order valence-electron chi connectivity index (χ1n) is 8.98. The van der Waals surface area contributed by atoms with Crippen LogP contribution in [0.3, 0.4) is 0 Å². The molecule has 0 spiro atoms. The molecule has 1 unspecified atom stereocenters. The Kier molecular flexibility index (Phi) is 5.71. The summed E-state index contributed by atoms with van der Waals surface area (Å²) in [5, 5.41) is 7.51. The lowest BCUT2D eigenvalue weighted by Crippen LogP contribution is -2.27. The van der Waals surface area contributed by atoms with E-state index in [0.29, 0.717) is 6.42 Å². The van der Waals surface area contributed by atoms with Crippen LogP contribution in [0, 0.1) is 13.8 Å². The first-order chi connectivity index (χ1) is 11.6. The molecule has 1 atom stereocenters. The summed E-state index contributed by atoms with van der Waals surface area (Å²) in [5.41, 5.74) is 5.91. The third kappa shape index (κ3) is 4.71. The van der Waals surface area contributed by atoms with Crippen LogP contribution in [0.5, 0.6) is 0 Å². The van der Waals surface area contributed by atoms with Crippen LogP contribution in [0.1, 0.15) is 68.2 Å². The highest BCUT2D eigenvalue weighted by Gasteiger charge is 2.16. The molecule has 0 radical (unpaired) electrons. The number of nitrogens with one attached hydrogen (secondary N) is 1. The summed E-state index contributed by atoms with van der Waals surface area (Å²) in [4.78, 5) is 12.3. The molecule has 0 aliphatic heterocycles. The first-order valence-corrected chi connectivity index (χ1v) is 8.98. The molecule has 2 rings (SSSR count). The second kappa shape index (κ2) is 7.42. The monoisotopic (exact) mass is 341 g/mol. The number of nitrogens with zero attached hydrogens (tertiary/aromatic N) is 2. The SMILES string of the molecule is Cc1nn(C)c(C)c1CCC(=O)NC(C)c1ccc(C(C)(C)C)cc1. The fourth-order valence-corrected chi connectivity index (χ4v) is 3.09. The fraction of sp³-hybridized carbons (Fsp3) is 0.524. The Morgan fingerprint density at radius 2 is 1.80 bits per heavy atom. The predicted molar refractivity (Wildman–Crippen MR) is 103 cm³/mol. The van der Waals surface area contributed by atoms with Crippen LogP contribution in [-0.2, 0) is 23.7 Å². The molecule has 0 saturated carbocycles. The summed E-state index contributed by atoms with van der Waals surface area (Å²) in [6.45, 7) is 12.7. The lowest BCUT2D eigenvalue weighted by Gasteiger charge is -2.20. The van der Waals surface area contributed by atoms with Crippen molar-refractivity contribution in [1.82, 2.24) is 15.1 Å². The number of aromatic nitrogens is 2. The molecule has 0 aliphatic carbocycles. The van der Waals surface area contributed by atoms with E-state index in [4.69, 9.17) is 0 Å². The number of rotatable bonds is 5. The number of carbonyl (C=O) groups excluding carboxylic acids is 1. The van der Waals surface area contributed by atoms with Gasteiger partial charge in [-0.15, -0.1) is 0 Å². The van der Waals surface area contributed by atoms with Crippen LogP contribution < -0.4 is 5.32 Å². The maximum Gasteiger partial charge on any atom is 0.220 e. The smallest absolute Gasteiger partial charge is 0.220 e. The molecule has 136 valence electrons. The van der Waals surface area contributed by atoms with Crippen molar-refractivity contribution < 1.29 is 4.79 Å². The molecule has 0 saturated heterocycles. The molecule has 1 heterocycles. The average Bonchev–Trinajstić information content (AvgIpc) is 2.77. The van der Waals surface area contributed by atoms with Crippen LogP contribution in [0.2, 0.25) is 0 Å². The summed E-state index contributed by atoms with van der Waals surface area (Å²) >= 11 is 0. The van der Waals surface area contributed by atoms with E-state index < -0.39 is 0 Å². The van der Waals surface area contributed by atoms with Gasteiger partial charge < -0.3 is 5.32 Å². The number of hydrogen-bond donors (Lipinski definition) is 1. The summed E-state index contributed by atoms with van der Waals surface area (Å²) < 4.78 is 1.88.